The lowest BCUT2D eigenvalue weighted by Gasteiger charge is -2.17. The van der Waals surface area contributed by atoms with Crippen LogP contribution in [0.5, 0.6) is 5.75 Å². The van der Waals surface area contributed by atoms with Crippen LogP contribution < -0.4 is 10.1 Å². The first kappa shape index (κ1) is 18.4. The van der Waals surface area contributed by atoms with Crippen LogP contribution >= 0.6 is 0 Å². The fourth-order valence-electron chi connectivity index (χ4n) is 3.10. The summed E-state index contributed by atoms with van der Waals surface area (Å²) >= 11 is 0. The minimum atomic E-state index is 0.265. The molecule has 0 bridgehead atoms. The zero-order valence-corrected chi connectivity index (χ0v) is 15.8. The molecule has 0 radical (unpaired) electrons. The first-order valence-electron chi connectivity index (χ1n) is 9.17. The van der Waals surface area contributed by atoms with Crippen molar-refractivity contribution in [3.8, 4) is 5.75 Å². The lowest BCUT2D eigenvalue weighted by Crippen LogP contribution is -2.19. The van der Waals surface area contributed by atoms with Gasteiger partial charge >= 0.3 is 0 Å². The summed E-state index contributed by atoms with van der Waals surface area (Å²) in [6, 6.07) is 21.5. The van der Waals surface area contributed by atoms with Gasteiger partial charge in [-0.15, -0.1) is 0 Å². The van der Waals surface area contributed by atoms with E-state index in [0.717, 1.165) is 18.9 Å². The normalized spacial score (nSPS) is 12.3. The molecule has 0 aliphatic rings. The number of benzene rings is 3. The van der Waals surface area contributed by atoms with Gasteiger partial charge in [0.2, 0.25) is 0 Å². The average Bonchev–Trinajstić information content (AvgIpc) is 2.70. The van der Waals surface area contributed by atoms with Gasteiger partial charge in [-0.1, -0.05) is 42.5 Å². The number of hydrogen-bond acceptors (Lipinski definition) is 3. The molecule has 3 aromatic rings. The third-order valence-electron chi connectivity index (χ3n) is 4.75. The zero-order valence-electron chi connectivity index (χ0n) is 15.8. The van der Waals surface area contributed by atoms with Crippen LogP contribution in [0.15, 0.2) is 60.7 Å². The molecule has 0 spiro atoms. The first-order valence-corrected chi connectivity index (χ1v) is 9.17. The summed E-state index contributed by atoms with van der Waals surface area (Å²) in [6.07, 6.45) is 0. The highest BCUT2D eigenvalue weighted by Crippen LogP contribution is 2.24. The van der Waals surface area contributed by atoms with Gasteiger partial charge in [-0.25, -0.2) is 0 Å². The highest BCUT2D eigenvalue weighted by atomic mass is 16.5. The van der Waals surface area contributed by atoms with Crippen LogP contribution in [0.1, 0.15) is 36.6 Å². The van der Waals surface area contributed by atoms with Crippen LogP contribution in [0.25, 0.3) is 10.8 Å². The summed E-state index contributed by atoms with van der Waals surface area (Å²) < 4.78 is 10.9. The number of fused-ring (bicyclic) bond motifs is 1. The molecule has 3 rings (SSSR count). The fourth-order valence-corrected chi connectivity index (χ4v) is 3.10. The van der Waals surface area contributed by atoms with E-state index < -0.39 is 0 Å². The van der Waals surface area contributed by atoms with E-state index in [-0.39, 0.29) is 6.04 Å². The fraction of sp³-hybridized carbons (Fsp3) is 0.304. The monoisotopic (exact) mass is 349 g/mol. The number of methoxy groups -OCH3 is 1. The maximum Gasteiger partial charge on any atom is 0.119 e. The SMILES string of the molecule is CCOCc1ccccc1CNC(C)c1ccc2cc(OC)ccc2c1. The first-order chi connectivity index (χ1) is 12.7. The van der Waals surface area contributed by atoms with Gasteiger partial charge in [-0.2, -0.15) is 0 Å². The molecule has 0 saturated carbocycles. The van der Waals surface area contributed by atoms with Crippen LogP contribution in [-0.4, -0.2) is 13.7 Å². The summed E-state index contributed by atoms with van der Waals surface area (Å²) in [5, 5.41) is 6.07. The van der Waals surface area contributed by atoms with Crippen molar-refractivity contribution in [2.45, 2.75) is 33.0 Å². The Bertz CT molecular complexity index is 860. The van der Waals surface area contributed by atoms with Crippen molar-refractivity contribution in [1.82, 2.24) is 5.32 Å². The molecule has 26 heavy (non-hydrogen) atoms. The molecule has 136 valence electrons. The van der Waals surface area contributed by atoms with E-state index in [1.54, 1.807) is 7.11 Å². The molecule has 1 N–H and O–H groups in total. The molecule has 3 aromatic carbocycles. The zero-order chi connectivity index (χ0) is 18.4. The minimum Gasteiger partial charge on any atom is -0.497 e. The Balaban J connectivity index is 1.70. The summed E-state index contributed by atoms with van der Waals surface area (Å²) in [5.74, 6) is 0.891. The van der Waals surface area contributed by atoms with Crippen molar-refractivity contribution in [3.63, 3.8) is 0 Å². The third kappa shape index (κ3) is 4.43. The van der Waals surface area contributed by atoms with E-state index in [1.807, 2.05) is 13.0 Å². The minimum absolute atomic E-state index is 0.265. The van der Waals surface area contributed by atoms with E-state index in [1.165, 1.54) is 27.5 Å². The Hall–Kier alpha value is -2.36. The van der Waals surface area contributed by atoms with Crippen molar-refractivity contribution in [3.05, 3.63) is 77.4 Å². The van der Waals surface area contributed by atoms with Gasteiger partial charge in [0.05, 0.1) is 13.7 Å². The standard InChI is InChI=1S/C23H27NO2/c1-4-26-16-22-8-6-5-7-21(22)15-24-17(2)18-9-10-20-14-23(25-3)12-11-19(20)13-18/h5-14,17,24H,4,15-16H2,1-3H3. The van der Waals surface area contributed by atoms with Gasteiger partial charge in [0.15, 0.2) is 0 Å². The lowest BCUT2D eigenvalue weighted by molar-refractivity contribution is 0.133. The summed E-state index contributed by atoms with van der Waals surface area (Å²) in [5.41, 5.74) is 3.82. The third-order valence-corrected chi connectivity index (χ3v) is 4.75. The van der Waals surface area contributed by atoms with Crippen molar-refractivity contribution in [2.24, 2.45) is 0 Å². The van der Waals surface area contributed by atoms with E-state index in [9.17, 15) is 0 Å². The molecule has 1 unspecified atom stereocenters. The van der Waals surface area contributed by atoms with Gasteiger partial charge in [-0.05, 0) is 59.5 Å². The Morgan fingerprint density at radius 3 is 2.42 bits per heavy atom. The van der Waals surface area contributed by atoms with Crippen LogP contribution in [-0.2, 0) is 17.9 Å². The second kappa shape index (κ2) is 8.84. The second-order valence-electron chi connectivity index (χ2n) is 6.48. The van der Waals surface area contributed by atoms with E-state index in [4.69, 9.17) is 9.47 Å². The topological polar surface area (TPSA) is 30.5 Å². The number of ether oxygens (including phenoxy) is 2. The molecular formula is C23H27NO2. The van der Waals surface area contributed by atoms with Crippen molar-refractivity contribution >= 4 is 10.8 Å². The van der Waals surface area contributed by atoms with Gasteiger partial charge < -0.3 is 14.8 Å². The molecule has 1 atom stereocenters. The summed E-state index contributed by atoms with van der Waals surface area (Å²) in [7, 11) is 1.70. The Labute approximate surface area is 156 Å². The maximum atomic E-state index is 5.58. The molecule has 0 heterocycles. The second-order valence-corrected chi connectivity index (χ2v) is 6.48. The van der Waals surface area contributed by atoms with Crippen molar-refractivity contribution in [2.75, 3.05) is 13.7 Å². The van der Waals surface area contributed by atoms with Crippen molar-refractivity contribution < 1.29 is 9.47 Å². The van der Waals surface area contributed by atoms with Crippen LogP contribution in [0.2, 0.25) is 0 Å². The summed E-state index contributed by atoms with van der Waals surface area (Å²) in [6.45, 7) is 6.46. The smallest absolute Gasteiger partial charge is 0.119 e. The largest absolute Gasteiger partial charge is 0.497 e. The predicted octanol–water partition coefficient (Wildman–Crippen LogP) is 5.24. The molecular weight excluding hydrogens is 322 g/mol. The molecule has 0 amide bonds. The average molecular weight is 349 g/mol. The van der Waals surface area contributed by atoms with Crippen LogP contribution in [0, 0.1) is 0 Å². The Morgan fingerprint density at radius 2 is 1.65 bits per heavy atom. The van der Waals surface area contributed by atoms with Gasteiger partial charge in [0.25, 0.3) is 0 Å². The van der Waals surface area contributed by atoms with Gasteiger partial charge in [-0.3, -0.25) is 0 Å². The Morgan fingerprint density at radius 1 is 0.923 bits per heavy atom. The number of nitrogens with one attached hydrogen (secondary N) is 1. The summed E-state index contributed by atoms with van der Waals surface area (Å²) in [4.78, 5) is 0. The highest BCUT2D eigenvalue weighted by Gasteiger charge is 2.08. The number of rotatable bonds is 8. The van der Waals surface area contributed by atoms with E-state index >= 15 is 0 Å². The Kier molecular flexibility index (Phi) is 6.26. The lowest BCUT2D eigenvalue weighted by atomic mass is 10.0. The molecule has 0 aliphatic carbocycles. The highest BCUT2D eigenvalue weighted by molar-refractivity contribution is 5.84. The molecule has 3 nitrogen and oxygen atoms in total. The maximum absolute atomic E-state index is 5.58. The quantitative estimate of drug-likeness (QED) is 0.603. The van der Waals surface area contributed by atoms with Gasteiger partial charge in [0, 0.05) is 19.2 Å². The predicted molar refractivity (Wildman–Crippen MR) is 108 cm³/mol. The van der Waals surface area contributed by atoms with Crippen LogP contribution in [0.4, 0.5) is 0 Å². The molecule has 0 aliphatic heterocycles. The van der Waals surface area contributed by atoms with E-state index in [0.29, 0.717) is 6.61 Å². The molecule has 0 saturated heterocycles. The number of hydrogen-bond donors (Lipinski definition) is 1. The van der Waals surface area contributed by atoms with E-state index in [2.05, 4.69) is 66.8 Å². The molecule has 3 heteroatoms. The molecule has 0 fully saturated rings. The molecule has 0 aromatic heterocycles. The van der Waals surface area contributed by atoms with Crippen LogP contribution in [0.3, 0.4) is 0 Å². The van der Waals surface area contributed by atoms with Crippen molar-refractivity contribution in [1.29, 1.82) is 0 Å². The van der Waals surface area contributed by atoms with Gasteiger partial charge in [0.1, 0.15) is 5.75 Å².